The summed E-state index contributed by atoms with van der Waals surface area (Å²) in [6.07, 6.45) is 1.32. The molecular formula is C20H20N4O3. The fraction of sp³-hybridized carbons (Fsp3) is 0.150. The summed E-state index contributed by atoms with van der Waals surface area (Å²) < 4.78 is 1.45. The first-order valence-electron chi connectivity index (χ1n) is 8.38. The van der Waals surface area contributed by atoms with E-state index in [-0.39, 0.29) is 11.3 Å². The minimum atomic E-state index is -0.436. The number of nitrogens with one attached hydrogen (secondary N) is 2. The second-order valence-corrected chi connectivity index (χ2v) is 6.31. The highest BCUT2D eigenvalue weighted by Crippen LogP contribution is 2.13. The lowest BCUT2D eigenvalue weighted by Crippen LogP contribution is -2.20. The molecule has 1 aromatic heterocycles. The highest BCUT2D eigenvalue weighted by Gasteiger charge is 2.11. The van der Waals surface area contributed by atoms with Crippen molar-refractivity contribution in [2.75, 3.05) is 0 Å². The zero-order valence-corrected chi connectivity index (χ0v) is 15.3. The van der Waals surface area contributed by atoms with E-state index in [0.29, 0.717) is 16.8 Å². The molecule has 0 atom stereocenters. The lowest BCUT2D eigenvalue weighted by atomic mass is 10.1. The fourth-order valence-electron chi connectivity index (χ4n) is 2.59. The van der Waals surface area contributed by atoms with E-state index in [2.05, 4.69) is 15.6 Å². The number of aromatic hydroxyl groups is 1. The first kappa shape index (κ1) is 18.2. The van der Waals surface area contributed by atoms with E-state index >= 15 is 0 Å². The molecule has 0 unspecified atom stereocenters. The number of aryl methyl sites for hydroxylation is 3. The third kappa shape index (κ3) is 3.82. The lowest BCUT2D eigenvalue weighted by molar-refractivity contribution is 0.0955. The summed E-state index contributed by atoms with van der Waals surface area (Å²) in [7, 11) is 0. The molecule has 0 saturated heterocycles. The van der Waals surface area contributed by atoms with Crippen LogP contribution in [0.25, 0.3) is 5.69 Å². The number of hydrogen-bond acceptors (Lipinski definition) is 4. The maximum Gasteiger partial charge on any atom is 0.280 e. The Morgan fingerprint density at radius 2 is 1.81 bits per heavy atom. The highest BCUT2D eigenvalue weighted by atomic mass is 16.3. The van der Waals surface area contributed by atoms with Crippen LogP contribution < -0.4 is 11.0 Å². The molecule has 2 aromatic carbocycles. The van der Waals surface area contributed by atoms with E-state index in [0.717, 1.165) is 16.8 Å². The molecule has 1 heterocycles. The summed E-state index contributed by atoms with van der Waals surface area (Å²) in [6, 6.07) is 11.5. The van der Waals surface area contributed by atoms with Gasteiger partial charge in [0.25, 0.3) is 11.5 Å². The van der Waals surface area contributed by atoms with Crippen LogP contribution in [-0.4, -0.2) is 27.0 Å². The van der Waals surface area contributed by atoms with Gasteiger partial charge in [0.05, 0.1) is 17.5 Å². The quantitative estimate of drug-likeness (QED) is 0.490. The number of hydrogen-bond donors (Lipinski definition) is 3. The van der Waals surface area contributed by atoms with Crippen LogP contribution in [0, 0.1) is 20.8 Å². The van der Waals surface area contributed by atoms with E-state index < -0.39 is 5.91 Å². The molecule has 3 rings (SSSR count). The average molecular weight is 364 g/mol. The van der Waals surface area contributed by atoms with Gasteiger partial charge >= 0.3 is 0 Å². The summed E-state index contributed by atoms with van der Waals surface area (Å²) >= 11 is 0. The summed E-state index contributed by atoms with van der Waals surface area (Å²) in [6.45, 7) is 5.76. The van der Waals surface area contributed by atoms with Crippen molar-refractivity contribution in [3.63, 3.8) is 0 Å². The van der Waals surface area contributed by atoms with Crippen LogP contribution in [0.1, 0.15) is 32.7 Å². The molecule has 0 aliphatic rings. The molecule has 7 nitrogen and oxygen atoms in total. The normalized spacial score (nSPS) is 11.1. The first-order chi connectivity index (χ1) is 12.9. The molecular weight excluding hydrogens is 344 g/mol. The molecule has 0 radical (unpaired) electrons. The lowest BCUT2D eigenvalue weighted by Gasteiger charge is -2.05. The standard InChI is InChI=1S/C20H20N4O3/c1-12-4-7-16(10-13(12)2)24-20(27)18(14(3)23-24)11-21-22-19(26)15-5-8-17(25)9-6-15/h4-11,23,25H,1-3H3,(H,22,26). The van der Waals surface area contributed by atoms with Crippen LogP contribution in [0.15, 0.2) is 52.4 Å². The van der Waals surface area contributed by atoms with Gasteiger partial charge in [-0.3, -0.25) is 14.7 Å². The Morgan fingerprint density at radius 3 is 2.48 bits per heavy atom. The predicted molar refractivity (Wildman–Crippen MR) is 104 cm³/mol. The second kappa shape index (κ2) is 7.33. The van der Waals surface area contributed by atoms with Crippen LogP contribution >= 0.6 is 0 Å². The molecule has 1 amide bonds. The first-order valence-corrected chi connectivity index (χ1v) is 8.38. The largest absolute Gasteiger partial charge is 0.508 e. The predicted octanol–water partition coefficient (Wildman–Crippen LogP) is 2.56. The second-order valence-electron chi connectivity index (χ2n) is 6.31. The minimum absolute atomic E-state index is 0.0740. The zero-order chi connectivity index (χ0) is 19.6. The van der Waals surface area contributed by atoms with Crippen LogP contribution in [0.5, 0.6) is 5.75 Å². The average Bonchev–Trinajstić information content (AvgIpc) is 2.92. The summed E-state index contributed by atoms with van der Waals surface area (Å²) in [5.74, 6) is -0.362. The molecule has 0 spiro atoms. The zero-order valence-electron chi connectivity index (χ0n) is 15.3. The summed E-state index contributed by atoms with van der Waals surface area (Å²) in [5, 5.41) is 16.2. The Bertz CT molecular complexity index is 1080. The fourth-order valence-corrected chi connectivity index (χ4v) is 2.59. The number of benzene rings is 2. The Kier molecular flexibility index (Phi) is 4.94. The number of nitrogens with zero attached hydrogens (tertiary/aromatic N) is 2. The highest BCUT2D eigenvalue weighted by molar-refractivity contribution is 5.95. The van der Waals surface area contributed by atoms with E-state index in [9.17, 15) is 14.7 Å². The smallest absolute Gasteiger partial charge is 0.280 e. The molecule has 0 fully saturated rings. The monoisotopic (exact) mass is 364 g/mol. The SMILES string of the molecule is Cc1ccc(-n2[nH]c(C)c(C=NNC(=O)c3ccc(O)cc3)c2=O)cc1C. The molecule has 0 saturated carbocycles. The Balaban J connectivity index is 1.81. The van der Waals surface area contributed by atoms with E-state index in [1.54, 1.807) is 6.92 Å². The molecule has 3 aromatic rings. The van der Waals surface area contributed by atoms with Gasteiger partial charge in [-0.25, -0.2) is 10.1 Å². The van der Waals surface area contributed by atoms with Gasteiger partial charge in [-0.15, -0.1) is 0 Å². The Hall–Kier alpha value is -3.61. The van der Waals surface area contributed by atoms with Crippen LogP contribution in [0.2, 0.25) is 0 Å². The van der Waals surface area contributed by atoms with E-state index in [4.69, 9.17) is 0 Å². The minimum Gasteiger partial charge on any atom is -0.508 e. The number of phenols is 1. The number of H-pyrrole nitrogens is 1. The van der Waals surface area contributed by atoms with Gasteiger partial charge in [-0.1, -0.05) is 6.07 Å². The molecule has 0 bridgehead atoms. The van der Waals surface area contributed by atoms with Gasteiger partial charge in [0.15, 0.2) is 0 Å². The number of carbonyl (C=O) groups excluding carboxylic acids is 1. The number of hydrazone groups is 1. The van der Waals surface area contributed by atoms with Crippen molar-refractivity contribution in [3.8, 4) is 11.4 Å². The molecule has 0 aliphatic carbocycles. The number of aromatic amines is 1. The van der Waals surface area contributed by atoms with Gasteiger partial charge in [0.2, 0.25) is 0 Å². The molecule has 7 heteroatoms. The number of phenolic OH excluding ortho intramolecular Hbond substituents is 1. The third-order valence-corrected chi connectivity index (χ3v) is 4.35. The van der Waals surface area contributed by atoms with Crippen molar-refractivity contribution in [1.29, 1.82) is 0 Å². The summed E-state index contributed by atoms with van der Waals surface area (Å²) in [4.78, 5) is 24.7. The number of amides is 1. The van der Waals surface area contributed by atoms with Gasteiger partial charge in [-0.2, -0.15) is 5.10 Å². The van der Waals surface area contributed by atoms with E-state index in [1.807, 2.05) is 32.0 Å². The topological polar surface area (TPSA) is 99.5 Å². The third-order valence-electron chi connectivity index (χ3n) is 4.35. The Labute approximate surface area is 156 Å². The molecule has 27 heavy (non-hydrogen) atoms. The van der Waals surface area contributed by atoms with E-state index in [1.165, 1.54) is 35.2 Å². The van der Waals surface area contributed by atoms with Crippen molar-refractivity contribution in [3.05, 3.63) is 80.8 Å². The summed E-state index contributed by atoms with van der Waals surface area (Å²) in [5.41, 5.74) is 6.44. The van der Waals surface area contributed by atoms with Crippen LogP contribution in [0.4, 0.5) is 0 Å². The van der Waals surface area contributed by atoms with Gasteiger partial charge < -0.3 is 5.11 Å². The van der Waals surface area contributed by atoms with Gasteiger partial charge in [-0.05, 0) is 68.3 Å². The number of aromatic nitrogens is 2. The molecule has 3 N–H and O–H groups in total. The van der Waals surface area contributed by atoms with Crippen molar-refractivity contribution >= 4 is 12.1 Å². The number of carbonyl (C=O) groups is 1. The number of rotatable bonds is 4. The van der Waals surface area contributed by atoms with Crippen LogP contribution in [-0.2, 0) is 0 Å². The molecule has 138 valence electrons. The Morgan fingerprint density at radius 1 is 1.11 bits per heavy atom. The van der Waals surface area contributed by atoms with Gasteiger partial charge in [0, 0.05) is 11.3 Å². The van der Waals surface area contributed by atoms with Gasteiger partial charge in [0.1, 0.15) is 5.75 Å². The van der Waals surface area contributed by atoms with Crippen molar-refractivity contribution in [2.24, 2.45) is 5.10 Å². The van der Waals surface area contributed by atoms with Crippen molar-refractivity contribution < 1.29 is 9.90 Å². The molecule has 0 aliphatic heterocycles. The maximum atomic E-state index is 12.7. The van der Waals surface area contributed by atoms with Crippen molar-refractivity contribution in [2.45, 2.75) is 20.8 Å². The van der Waals surface area contributed by atoms with Crippen molar-refractivity contribution in [1.82, 2.24) is 15.2 Å². The maximum absolute atomic E-state index is 12.7. The van der Waals surface area contributed by atoms with Crippen LogP contribution in [0.3, 0.4) is 0 Å².